The summed E-state index contributed by atoms with van der Waals surface area (Å²) in [6, 6.07) is 0.285. The molecule has 6 nitrogen and oxygen atoms in total. The molecule has 1 aliphatic heterocycles. The third kappa shape index (κ3) is 3.53. The Kier molecular flexibility index (Phi) is 4.54. The highest BCUT2D eigenvalue weighted by Crippen LogP contribution is 2.19. The van der Waals surface area contributed by atoms with Crippen molar-refractivity contribution in [3.63, 3.8) is 0 Å². The number of hydrogen-bond acceptors (Lipinski definition) is 6. The molecular formula is C14H15ClN4O2S. The zero-order valence-corrected chi connectivity index (χ0v) is 13.6. The highest BCUT2D eigenvalue weighted by Gasteiger charge is 2.27. The van der Waals surface area contributed by atoms with Gasteiger partial charge in [-0.05, 0) is 19.8 Å². The normalized spacial score (nSPS) is 18.3. The molecule has 0 radical (unpaired) electrons. The predicted molar refractivity (Wildman–Crippen MR) is 83.4 cm³/mol. The molecule has 1 amide bonds. The van der Waals surface area contributed by atoms with Crippen LogP contribution in [0, 0.1) is 6.92 Å². The van der Waals surface area contributed by atoms with E-state index in [-0.39, 0.29) is 18.0 Å². The number of nitrogens with zero attached hydrogens (tertiary/aromatic N) is 4. The number of carbonyl (C=O) groups excluding carboxylic acids is 1. The Hall–Kier alpha value is -1.73. The highest BCUT2D eigenvalue weighted by molar-refractivity contribution is 7.09. The second kappa shape index (κ2) is 6.58. The zero-order valence-electron chi connectivity index (χ0n) is 12.0. The molecule has 0 N–H and O–H groups in total. The Morgan fingerprint density at radius 2 is 2.23 bits per heavy atom. The Labute approximate surface area is 137 Å². The van der Waals surface area contributed by atoms with Gasteiger partial charge in [-0.3, -0.25) is 4.79 Å². The summed E-state index contributed by atoms with van der Waals surface area (Å²) in [5.74, 6) is -0.0466. The van der Waals surface area contributed by atoms with Crippen molar-refractivity contribution >= 4 is 28.8 Å². The average Bonchev–Trinajstić information content (AvgIpc) is 2.96. The summed E-state index contributed by atoms with van der Waals surface area (Å²) < 4.78 is 5.74. The number of aromatic nitrogens is 3. The van der Waals surface area contributed by atoms with E-state index >= 15 is 0 Å². The van der Waals surface area contributed by atoms with Gasteiger partial charge in [0.05, 0.1) is 29.0 Å². The quantitative estimate of drug-likeness (QED) is 0.860. The number of halogens is 1. The Bertz CT molecular complexity index is 661. The van der Waals surface area contributed by atoms with Crippen LogP contribution in [0.1, 0.15) is 28.3 Å². The molecule has 0 bridgehead atoms. The van der Waals surface area contributed by atoms with Gasteiger partial charge in [0.1, 0.15) is 11.8 Å². The topological polar surface area (TPSA) is 68.2 Å². The van der Waals surface area contributed by atoms with E-state index in [0.717, 1.165) is 24.4 Å². The second-order valence-corrected chi connectivity index (χ2v) is 6.57. The predicted octanol–water partition coefficient (Wildman–Crippen LogP) is 2.58. The number of aryl methyl sites for hydroxylation is 1. The zero-order chi connectivity index (χ0) is 15.5. The van der Waals surface area contributed by atoms with Gasteiger partial charge < -0.3 is 9.64 Å². The molecule has 0 spiro atoms. The number of rotatable bonds is 3. The lowest BCUT2D eigenvalue weighted by atomic mass is 10.1. The molecule has 22 heavy (non-hydrogen) atoms. The first kappa shape index (κ1) is 15.2. The number of amides is 1. The third-order valence-corrected chi connectivity index (χ3v) is 4.34. The molecule has 1 fully saturated rings. The van der Waals surface area contributed by atoms with Crippen molar-refractivity contribution in [3.05, 3.63) is 33.5 Å². The molecule has 8 heteroatoms. The van der Waals surface area contributed by atoms with E-state index in [9.17, 15) is 4.79 Å². The van der Waals surface area contributed by atoms with Crippen molar-refractivity contribution in [1.82, 2.24) is 19.9 Å². The molecule has 3 heterocycles. The maximum atomic E-state index is 12.4. The van der Waals surface area contributed by atoms with Gasteiger partial charge in [0.25, 0.3) is 5.91 Å². The van der Waals surface area contributed by atoms with Gasteiger partial charge >= 0.3 is 6.01 Å². The summed E-state index contributed by atoms with van der Waals surface area (Å²) in [6.45, 7) is 3.12. The smallest absolute Gasteiger partial charge is 0.316 e. The van der Waals surface area contributed by atoms with Crippen LogP contribution in [0.3, 0.4) is 0 Å². The van der Waals surface area contributed by atoms with Crippen LogP contribution < -0.4 is 4.74 Å². The fourth-order valence-corrected chi connectivity index (χ4v) is 3.04. The first-order valence-corrected chi connectivity index (χ1v) is 8.23. The fraction of sp³-hybridized carbons (Fsp3) is 0.429. The molecule has 0 aromatic carbocycles. The molecule has 1 saturated heterocycles. The average molecular weight is 339 g/mol. The minimum Gasteiger partial charge on any atom is -0.458 e. The first-order valence-electron chi connectivity index (χ1n) is 6.97. The summed E-state index contributed by atoms with van der Waals surface area (Å²) in [6.07, 6.45) is 4.62. The molecule has 0 aliphatic carbocycles. The molecule has 0 unspecified atom stereocenters. The van der Waals surface area contributed by atoms with E-state index in [2.05, 4.69) is 15.0 Å². The highest BCUT2D eigenvalue weighted by atomic mass is 35.5. The van der Waals surface area contributed by atoms with Crippen LogP contribution in [-0.2, 0) is 0 Å². The van der Waals surface area contributed by atoms with Crippen molar-refractivity contribution < 1.29 is 9.53 Å². The van der Waals surface area contributed by atoms with Gasteiger partial charge in [0.2, 0.25) is 0 Å². The van der Waals surface area contributed by atoms with Gasteiger partial charge in [-0.25, -0.2) is 15.0 Å². The molecule has 1 aliphatic rings. The van der Waals surface area contributed by atoms with Crippen LogP contribution in [0.25, 0.3) is 0 Å². The first-order chi connectivity index (χ1) is 10.6. The lowest BCUT2D eigenvalue weighted by Gasteiger charge is -2.31. The summed E-state index contributed by atoms with van der Waals surface area (Å²) in [7, 11) is 0. The Morgan fingerprint density at radius 1 is 1.45 bits per heavy atom. The van der Waals surface area contributed by atoms with Crippen LogP contribution in [-0.4, -0.2) is 45.0 Å². The summed E-state index contributed by atoms with van der Waals surface area (Å²) in [5, 5.41) is 3.15. The number of ether oxygens (including phenoxy) is 1. The van der Waals surface area contributed by atoms with E-state index in [1.54, 1.807) is 10.3 Å². The van der Waals surface area contributed by atoms with Crippen LogP contribution in [0.2, 0.25) is 5.02 Å². The van der Waals surface area contributed by atoms with E-state index in [0.29, 0.717) is 17.3 Å². The largest absolute Gasteiger partial charge is 0.458 e. The number of piperidine rings is 1. The van der Waals surface area contributed by atoms with E-state index < -0.39 is 0 Å². The maximum absolute atomic E-state index is 12.4. The van der Waals surface area contributed by atoms with E-state index in [1.807, 2.05) is 6.92 Å². The molecule has 0 saturated carbocycles. The van der Waals surface area contributed by atoms with Gasteiger partial charge in [-0.1, -0.05) is 11.6 Å². The molecule has 1 atom stereocenters. The summed E-state index contributed by atoms with van der Waals surface area (Å²) in [4.78, 5) is 26.5. The van der Waals surface area contributed by atoms with Crippen molar-refractivity contribution in [3.8, 4) is 6.01 Å². The Morgan fingerprint density at radius 3 is 2.91 bits per heavy atom. The van der Waals surface area contributed by atoms with Gasteiger partial charge in [0, 0.05) is 11.9 Å². The van der Waals surface area contributed by atoms with Crippen LogP contribution in [0.4, 0.5) is 0 Å². The van der Waals surface area contributed by atoms with Crippen LogP contribution in [0.5, 0.6) is 6.01 Å². The van der Waals surface area contributed by atoms with Gasteiger partial charge in [-0.15, -0.1) is 11.3 Å². The van der Waals surface area contributed by atoms with Crippen molar-refractivity contribution in [2.45, 2.75) is 25.9 Å². The van der Waals surface area contributed by atoms with Crippen LogP contribution >= 0.6 is 22.9 Å². The number of thiazole rings is 1. The fourth-order valence-electron chi connectivity index (χ4n) is 2.35. The number of carbonyl (C=O) groups is 1. The third-order valence-electron chi connectivity index (χ3n) is 3.37. The number of hydrogen-bond donors (Lipinski definition) is 0. The Balaban J connectivity index is 1.63. The summed E-state index contributed by atoms with van der Waals surface area (Å²) in [5.41, 5.74) is 0.505. The SMILES string of the molecule is Cc1nc(C(=O)N2CCC[C@@H](Oc3ncc(Cl)cn3)C2)cs1. The second-order valence-electron chi connectivity index (χ2n) is 5.07. The van der Waals surface area contributed by atoms with E-state index in [1.165, 1.54) is 23.7 Å². The molecular weight excluding hydrogens is 324 g/mol. The lowest BCUT2D eigenvalue weighted by molar-refractivity contribution is 0.0511. The minimum atomic E-state index is -0.112. The standard InChI is InChI=1S/C14H15ClN4O2S/c1-9-18-12(8-22-9)13(20)19-4-2-3-11(7-19)21-14-16-5-10(15)6-17-14/h5-6,8,11H,2-4,7H2,1H3/t11-/m1/s1. The maximum Gasteiger partial charge on any atom is 0.316 e. The van der Waals surface area contributed by atoms with Crippen molar-refractivity contribution in [2.24, 2.45) is 0 Å². The van der Waals surface area contributed by atoms with Gasteiger partial charge in [-0.2, -0.15) is 0 Å². The lowest BCUT2D eigenvalue weighted by Crippen LogP contribution is -2.44. The molecule has 2 aromatic heterocycles. The minimum absolute atomic E-state index is 0.0466. The van der Waals surface area contributed by atoms with Gasteiger partial charge in [0.15, 0.2) is 0 Å². The van der Waals surface area contributed by atoms with Crippen molar-refractivity contribution in [2.75, 3.05) is 13.1 Å². The summed E-state index contributed by atoms with van der Waals surface area (Å²) >= 11 is 7.23. The van der Waals surface area contributed by atoms with Crippen molar-refractivity contribution in [1.29, 1.82) is 0 Å². The number of likely N-dealkylation sites (tertiary alicyclic amines) is 1. The van der Waals surface area contributed by atoms with E-state index in [4.69, 9.17) is 16.3 Å². The molecule has 2 aromatic rings. The van der Waals surface area contributed by atoms with Crippen LogP contribution in [0.15, 0.2) is 17.8 Å². The molecule has 116 valence electrons. The molecule has 3 rings (SSSR count). The monoisotopic (exact) mass is 338 g/mol.